The summed E-state index contributed by atoms with van der Waals surface area (Å²) in [5.41, 5.74) is 0.917. The lowest BCUT2D eigenvalue weighted by Gasteiger charge is -2.23. The highest BCUT2D eigenvalue weighted by Crippen LogP contribution is 2.22. The zero-order chi connectivity index (χ0) is 16.9. The Hall–Kier alpha value is -2.67. The molecule has 0 unspecified atom stereocenters. The number of hydrogen-bond acceptors (Lipinski definition) is 5. The summed E-state index contributed by atoms with van der Waals surface area (Å²) in [6.45, 7) is 1.70. The van der Waals surface area contributed by atoms with E-state index in [1.807, 2.05) is 12.1 Å². The molecule has 1 N–H and O–H groups in total. The number of carbonyl (C=O) groups is 1. The summed E-state index contributed by atoms with van der Waals surface area (Å²) in [6.07, 6.45) is 3.30. The molecule has 0 aliphatic carbocycles. The maximum absolute atomic E-state index is 12.4. The minimum atomic E-state index is -0.402. The lowest BCUT2D eigenvalue weighted by molar-refractivity contribution is -0.384. The molecular formula is C17H19N3O4. The molecule has 7 nitrogen and oxygen atoms in total. The third-order valence-corrected chi connectivity index (χ3v) is 4.19. The van der Waals surface area contributed by atoms with Crippen molar-refractivity contribution in [3.05, 3.63) is 64.1 Å². The number of furan rings is 1. The van der Waals surface area contributed by atoms with Crippen molar-refractivity contribution >= 4 is 11.6 Å². The SMILES string of the molecule is O=C(NCc1ccco1)[C@@H]1CCCN1Cc1cccc([N+](=O)[O-])c1. The Balaban J connectivity index is 1.61. The predicted octanol–water partition coefficient (Wildman–Crippen LogP) is 2.47. The summed E-state index contributed by atoms with van der Waals surface area (Å²) in [5.74, 6) is 0.681. The van der Waals surface area contributed by atoms with Gasteiger partial charge in [0, 0.05) is 18.7 Å². The Bertz CT molecular complexity index is 714. The maximum Gasteiger partial charge on any atom is 0.269 e. The molecule has 1 amide bonds. The van der Waals surface area contributed by atoms with Crippen LogP contribution >= 0.6 is 0 Å². The quantitative estimate of drug-likeness (QED) is 0.649. The maximum atomic E-state index is 12.4. The molecule has 0 saturated carbocycles. The van der Waals surface area contributed by atoms with E-state index in [1.54, 1.807) is 24.5 Å². The van der Waals surface area contributed by atoms with Gasteiger partial charge in [-0.25, -0.2) is 0 Å². The molecule has 1 aromatic heterocycles. The molecule has 1 aromatic carbocycles. The number of nitrogens with zero attached hydrogens (tertiary/aromatic N) is 2. The molecule has 7 heteroatoms. The van der Waals surface area contributed by atoms with Crippen molar-refractivity contribution in [1.82, 2.24) is 10.2 Å². The zero-order valence-electron chi connectivity index (χ0n) is 13.2. The van der Waals surface area contributed by atoms with Gasteiger partial charge < -0.3 is 9.73 Å². The number of likely N-dealkylation sites (tertiary alicyclic amines) is 1. The average Bonchev–Trinajstić information content (AvgIpc) is 3.24. The van der Waals surface area contributed by atoms with E-state index in [9.17, 15) is 14.9 Å². The molecule has 1 fully saturated rings. The summed E-state index contributed by atoms with van der Waals surface area (Å²) < 4.78 is 5.21. The van der Waals surface area contributed by atoms with Gasteiger partial charge in [-0.3, -0.25) is 19.8 Å². The van der Waals surface area contributed by atoms with Crippen LogP contribution in [0.3, 0.4) is 0 Å². The Kier molecular flexibility index (Phi) is 4.90. The van der Waals surface area contributed by atoms with Gasteiger partial charge in [-0.05, 0) is 37.1 Å². The number of benzene rings is 1. The fraction of sp³-hybridized carbons (Fsp3) is 0.353. The number of nitro benzene ring substituents is 1. The van der Waals surface area contributed by atoms with E-state index >= 15 is 0 Å². The van der Waals surface area contributed by atoms with E-state index in [0.717, 1.165) is 24.9 Å². The van der Waals surface area contributed by atoms with Gasteiger partial charge in [-0.1, -0.05) is 12.1 Å². The second kappa shape index (κ2) is 7.27. The highest BCUT2D eigenvalue weighted by Gasteiger charge is 2.30. The summed E-state index contributed by atoms with van der Waals surface area (Å²) in [7, 11) is 0. The molecule has 2 aromatic rings. The van der Waals surface area contributed by atoms with Crippen LogP contribution < -0.4 is 5.32 Å². The summed E-state index contributed by atoms with van der Waals surface area (Å²) >= 11 is 0. The van der Waals surface area contributed by atoms with Gasteiger partial charge in [0.05, 0.1) is 23.8 Å². The van der Waals surface area contributed by atoms with Gasteiger partial charge in [0.2, 0.25) is 5.91 Å². The number of rotatable bonds is 6. The van der Waals surface area contributed by atoms with Crippen molar-refractivity contribution in [2.75, 3.05) is 6.54 Å². The highest BCUT2D eigenvalue weighted by atomic mass is 16.6. The van der Waals surface area contributed by atoms with Gasteiger partial charge in [0.15, 0.2) is 0 Å². The van der Waals surface area contributed by atoms with Crippen molar-refractivity contribution in [2.45, 2.75) is 32.0 Å². The van der Waals surface area contributed by atoms with Gasteiger partial charge in [0.1, 0.15) is 5.76 Å². The Morgan fingerprint density at radius 1 is 1.38 bits per heavy atom. The Morgan fingerprint density at radius 3 is 3.00 bits per heavy atom. The second-order valence-corrected chi connectivity index (χ2v) is 5.85. The minimum absolute atomic E-state index is 0.0330. The Morgan fingerprint density at radius 2 is 2.25 bits per heavy atom. The lowest BCUT2D eigenvalue weighted by Crippen LogP contribution is -2.42. The molecule has 24 heavy (non-hydrogen) atoms. The lowest BCUT2D eigenvalue weighted by atomic mass is 10.1. The summed E-state index contributed by atoms with van der Waals surface area (Å²) in [6, 6.07) is 9.95. The Labute approximate surface area is 139 Å². The van der Waals surface area contributed by atoms with Crippen LogP contribution in [-0.2, 0) is 17.9 Å². The van der Waals surface area contributed by atoms with Gasteiger partial charge in [0.25, 0.3) is 5.69 Å². The molecule has 126 valence electrons. The summed E-state index contributed by atoms with van der Waals surface area (Å²) in [5, 5.41) is 13.8. The van der Waals surface area contributed by atoms with Crippen LogP contribution in [0.2, 0.25) is 0 Å². The highest BCUT2D eigenvalue weighted by molar-refractivity contribution is 5.81. The number of carbonyl (C=O) groups excluding carboxylic acids is 1. The van der Waals surface area contributed by atoms with Crippen LogP contribution in [0, 0.1) is 10.1 Å². The fourth-order valence-corrected chi connectivity index (χ4v) is 3.02. The van der Waals surface area contributed by atoms with E-state index in [0.29, 0.717) is 18.8 Å². The zero-order valence-corrected chi connectivity index (χ0v) is 13.2. The van der Waals surface area contributed by atoms with E-state index in [4.69, 9.17) is 4.42 Å². The van der Waals surface area contributed by atoms with Crippen LogP contribution in [0.25, 0.3) is 0 Å². The molecule has 3 rings (SSSR count). The molecule has 0 radical (unpaired) electrons. The third-order valence-electron chi connectivity index (χ3n) is 4.19. The monoisotopic (exact) mass is 329 g/mol. The van der Waals surface area contributed by atoms with E-state index < -0.39 is 4.92 Å². The first-order valence-corrected chi connectivity index (χ1v) is 7.91. The predicted molar refractivity (Wildman–Crippen MR) is 87.1 cm³/mol. The molecular weight excluding hydrogens is 310 g/mol. The van der Waals surface area contributed by atoms with Crippen LogP contribution in [0.5, 0.6) is 0 Å². The normalized spacial score (nSPS) is 17.8. The van der Waals surface area contributed by atoms with Crippen LogP contribution in [0.1, 0.15) is 24.2 Å². The number of nitro groups is 1. The number of non-ortho nitro benzene ring substituents is 1. The van der Waals surface area contributed by atoms with Crippen molar-refractivity contribution < 1.29 is 14.1 Å². The third kappa shape index (κ3) is 3.80. The molecule has 1 aliphatic heterocycles. The van der Waals surface area contributed by atoms with Crippen LogP contribution in [-0.4, -0.2) is 28.3 Å². The van der Waals surface area contributed by atoms with Gasteiger partial charge in [-0.2, -0.15) is 0 Å². The summed E-state index contributed by atoms with van der Waals surface area (Å²) in [4.78, 5) is 25.0. The molecule has 0 spiro atoms. The van der Waals surface area contributed by atoms with Crippen molar-refractivity contribution in [2.24, 2.45) is 0 Å². The standard InChI is InChI=1S/C17H19N3O4/c21-17(18-11-15-6-3-9-24-15)16-7-2-8-19(16)12-13-4-1-5-14(10-13)20(22)23/h1,3-6,9-10,16H,2,7-8,11-12H2,(H,18,21)/t16-/m0/s1. The largest absolute Gasteiger partial charge is 0.467 e. The molecule has 1 aliphatic rings. The van der Waals surface area contributed by atoms with E-state index in [1.165, 1.54) is 6.07 Å². The van der Waals surface area contributed by atoms with Crippen molar-refractivity contribution in [3.8, 4) is 0 Å². The van der Waals surface area contributed by atoms with Gasteiger partial charge in [-0.15, -0.1) is 0 Å². The second-order valence-electron chi connectivity index (χ2n) is 5.85. The van der Waals surface area contributed by atoms with E-state index in [2.05, 4.69) is 10.2 Å². The topological polar surface area (TPSA) is 88.6 Å². The van der Waals surface area contributed by atoms with Crippen molar-refractivity contribution in [3.63, 3.8) is 0 Å². The van der Waals surface area contributed by atoms with E-state index in [-0.39, 0.29) is 17.6 Å². The fourth-order valence-electron chi connectivity index (χ4n) is 3.02. The number of nitrogens with one attached hydrogen (secondary N) is 1. The van der Waals surface area contributed by atoms with Crippen LogP contribution in [0.15, 0.2) is 47.1 Å². The van der Waals surface area contributed by atoms with Crippen LogP contribution in [0.4, 0.5) is 5.69 Å². The molecule has 1 atom stereocenters. The molecule has 0 bridgehead atoms. The minimum Gasteiger partial charge on any atom is -0.467 e. The first-order chi connectivity index (χ1) is 11.6. The number of hydrogen-bond donors (Lipinski definition) is 1. The van der Waals surface area contributed by atoms with Crippen molar-refractivity contribution in [1.29, 1.82) is 0 Å². The van der Waals surface area contributed by atoms with Gasteiger partial charge >= 0.3 is 0 Å². The molecule has 2 heterocycles. The molecule has 1 saturated heterocycles. The first-order valence-electron chi connectivity index (χ1n) is 7.91. The average molecular weight is 329 g/mol. The smallest absolute Gasteiger partial charge is 0.269 e. The number of amides is 1. The first kappa shape index (κ1) is 16.2.